The molecule has 1 rings (SSSR count). The van der Waals surface area contributed by atoms with Crippen LogP contribution in [-0.2, 0) is 10.1 Å². The number of nitriles is 1. The minimum atomic E-state index is -3.67. The van der Waals surface area contributed by atoms with Gasteiger partial charge in [-0.15, -0.1) is 0 Å². The van der Waals surface area contributed by atoms with Crippen LogP contribution >= 0.6 is 0 Å². The van der Waals surface area contributed by atoms with Crippen LogP contribution in [0.1, 0.15) is 5.56 Å². The van der Waals surface area contributed by atoms with E-state index in [1.54, 1.807) is 12.1 Å². The number of nitrogens with zero attached hydrogens (tertiary/aromatic N) is 1. The average molecular weight is 199 g/mol. The zero-order valence-electron chi connectivity index (χ0n) is 7.01. The minimum absolute atomic E-state index is 0.715. The van der Waals surface area contributed by atoms with Crippen molar-refractivity contribution < 1.29 is 13.0 Å². The fourth-order valence-corrected chi connectivity index (χ4v) is 0.513. The Morgan fingerprint density at radius 3 is 1.92 bits per heavy atom. The second kappa shape index (κ2) is 5.30. The number of hydrogen-bond acceptors (Lipinski definition) is 3. The fourth-order valence-electron chi connectivity index (χ4n) is 0.513. The van der Waals surface area contributed by atoms with Crippen molar-refractivity contribution in [3.05, 3.63) is 35.9 Å². The maximum atomic E-state index is 9.19. The molecule has 0 aliphatic carbocycles. The first-order chi connectivity index (χ1) is 5.93. The van der Waals surface area contributed by atoms with E-state index in [0.717, 1.165) is 0 Å². The summed E-state index contributed by atoms with van der Waals surface area (Å²) in [5.41, 5.74) is 0.715. The second-order valence-corrected chi connectivity index (χ2v) is 3.68. The predicted octanol–water partition coefficient (Wildman–Crippen LogP) is 1.06. The summed E-state index contributed by atoms with van der Waals surface area (Å²) in [5.74, 6) is 0. The Kier molecular flexibility index (Phi) is 4.74. The molecule has 0 radical (unpaired) electrons. The van der Waals surface area contributed by atoms with Crippen molar-refractivity contribution in [2.24, 2.45) is 0 Å². The lowest BCUT2D eigenvalue weighted by Crippen LogP contribution is -1.88. The Labute approximate surface area is 77.2 Å². The topological polar surface area (TPSA) is 78.2 Å². The third kappa shape index (κ3) is 10.6. The maximum Gasteiger partial charge on any atom is 0.261 e. The van der Waals surface area contributed by atoms with Gasteiger partial charge in [0.05, 0.1) is 17.9 Å². The van der Waals surface area contributed by atoms with Crippen LogP contribution in [0, 0.1) is 11.3 Å². The van der Waals surface area contributed by atoms with Crippen LogP contribution in [0.25, 0.3) is 0 Å². The monoisotopic (exact) mass is 199 g/mol. The van der Waals surface area contributed by atoms with Gasteiger partial charge < -0.3 is 0 Å². The van der Waals surface area contributed by atoms with Crippen LogP contribution in [0.3, 0.4) is 0 Å². The van der Waals surface area contributed by atoms with Gasteiger partial charge >= 0.3 is 0 Å². The van der Waals surface area contributed by atoms with E-state index in [4.69, 9.17) is 9.81 Å². The Morgan fingerprint density at radius 2 is 1.69 bits per heavy atom. The highest BCUT2D eigenvalue weighted by molar-refractivity contribution is 7.85. The second-order valence-electron chi connectivity index (χ2n) is 2.21. The number of hydrogen-bond donors (Lipinski definition) is 1. The van der Waals surface area contributed by atoms with Gasteiger partial charge in [-0.05, 0) is 12.1 Å². The van der Waals surface area contributed by atoms with Crippen molar-refractivity contribution in [3.63, 3.8) is 0 Å². The van der Waals surface area contributed by atoms with Gasteiger partial charge in [0.25, 0.3) is 10.1 Å². The summed E-state index contributed by atoms with van der Waals surface area (Å²) in [4.78, 5) is 0. The molecule has 0 aliphatic rings. The van der Waals surface area contributed by atoms with E-state index in [9.17, 15) is 8.42 Å². The predicted molar refractivity (Wildman–Crippen MR) is 48.6 cm³/mol. The zero-order chi connectivity index (χ0) is 10.3. The summed E-state index contributed by atoms with van der Waals surface area (Å²) < 4.78 is 25.9. The molecule has 0 aliphatic heterocycles. The van der Waals surface area contributed by atoms with Crippen LogP contribution in [0.2, 0.25) is 0 Å². The third-order valence-electron chi connectivity index (χ3n) is 0.903. The summed E-state index contributed by atoms with van der Waals surface area (Å²) >= 11 is 0. The van der Waals surface area contributed by atoms with Gasteiger partial charge in [-0.1, -0.05) is 18.2 Å². The molecule has 0 spiro atoms. The van der Waals surface area contributed by atoms with Crippen LogP contribution in [0.5, 0.6) is 0 Å². The van der Waals surface area contributed by atoms with Crippen molar-refractivity contribution in [1.29, 1.82) is 5.26 Å². The Hall–Kier alpha value is -1.38. The molecular weight excluding hydrogens is 190 g/mol. The highest BCUT2D eigenvalue weighted by Crippen LogP contribution is 1.93. The first kappa shape index (κ1) is 11.6. The van der Waals surface area contributed by atoms with E-state index in [-0.39, 0.29) is 0 Å². The molecular formula is C8H9NO3S. The SMILES string of the molecule is CS(=O)(=O)O.N#Cc1ccccc1. The number of rotatable bonds is 0. The molecule has 0 aromatic heterocycles. The lowest BCUT2D eigenvalue weighted by atomic mass is 10.2. The smallest absolute Gasteiger partial charge is 0.261 e. The normalized spacial score (nSPS) is 9.31. The summed E-state index contributed by atoms with van der Waals surface area (Å²) in [6.45, 7) is 0. The maximum absolute atomic E-state index is 9.19. The van der Waals surface area contributed by atoms with Gasteiger partial charge in [-0.2, -0.15) is 13.7 Å². The van der Waals surface area contributed by atoms with Crippen LogP contribution < -0.4 is 0 Å². The molecule has 0 amide bonds. The Bertz CT molecular complexity index is 370. The molecule has 1 aromatic carbocycles. The molecule has 4 nitrogen and oxygen atoms in total. The molecule has 13 heavy (non-hydrogen) atoms. The molecule has 0 atom stereocenters. The van der Waals surface area contributed by atoms with E-state index >= 15 is 0 Å². The van der Waals surface area contributed by atoms with Crippen LogP contribution in [0.15, 0.2) is 30.3 Å². The molecule has 5 heteroatoms. The van der Waals surface area contributed by atoms with Crippen molar-refractivity contribution in [3.8, 4) is 6.07 Å². The molecule has 0 saturated heterocycles. The van der Waals surface area contributed by atoms with Crippen molar-refractivity contribution in [2.45, 2.75) is 0 Å². The van der Waals surface area contributed by atoms with Gasteiger partial charge in [-0.3, -0.25) is 4.55 Å². The summed E-state index contributed by atoms with van der Waals surface area (Å²) in [6.07, 6.45) is 0.715. The van der Waals surface area contributed by atoms with Crippen LogP contribution in [-0.4, -0.2) is 19.2 Å². The van der Waals surface area contributed by atoms with E-state index in [1.165, 1.54) is 0 Å². The highest BCUT2D eigenvalue weighted by atomic mass is 32.2. The van der Waals surface area contributed by atoms with E-state index in [1.807, 2.05) is 24.3 Å². The van der Waals surface area contributed by atoms with E-state index in [0.29, 0.717) is 11.8 Å². The van der Waals surface area contributed by atoms with Gasteiger partial charge in [0.15, 0.2) is 0 Å². The summed E-state index contributed by atoms with van der Waals surface area (Å²) in [5, 5.41) is 8.29. The van der Waals surface area contributed by atoms with Gasteiger partial charge in [0, 0.05) is 0 Å². The first-order valence-electron chi connectivity index (χ1n) is 3.31. The quantitative estimate of drug-likeness (QED) is 0.634. The molecule has 0 saturated carbocycles. The minimum Gasteiger partial charge on any atom is -0.286 e. The van der Waals surface area contributed by atoms with Gasteiger partial charge in [-0.25, -0.2) is 0 Å². The summed E-state index contributed by atoms with van der Waals surface area (Å²) in [7, 11) is -3.67. The molecule has 70 valence electrons. The molecule has 0 fully saturated rings. The molecule has 1 N–H and O–H groups in total. The molecule has 0 unspecified atom stereocenters. The van der Waals surface area contributed by atoms with Crippen LogP contribution in [0.4, 0.5) is 0 Å². The van der Waals surface area contributed by atoms with Crippen molar-refractivity contribution >= 4 is 10.1 Å². The standard InChI is InChI=1S/C7H5N.CH4O3S/c8-6-7-4-2-1-3-5-7;1-5(2,3)4/h1-5H;1H3,(H,2,3,4). The number of benzene rings is 1. The van der Waals surface area contributed by atoms with E-state index < -0.39 is 10.1 Å². The highest BCUT2D eigenvalue weighted by Gasteiger charge is 1.81. The lowest BCUT2D eigenvalue weighted by Gasteiger charge is -1.80. The van der Waals surface area contributed by atoms with E-state index in [2.05, 4.69) is 0 Å². The Morgan fingerprint density at radius 1 is 1.31 bits per heavy atom. The summed E-state index contributed by atoms with van der Waals surface area (Å²) in [6, 6.07) is 11.2. The van der Waals surface area contributed by atoms with Crippen molar-refractivity contribution in [2.75, 3.05) is 6.26 Å². The third-order valence-corrected chi connectivity index (χ3v) is 0.903. The first-order valence-corrected chi connectivity index (χ1v) is 5.16. The molecule has 1 aromatic rings. The lowest BCUT2D eigenvalue weighted by molar-refractivity contribution is 0.490. The zero-order valence-corrected chi connectivity index (χ0v) is 7.82. The van der Waals surface area contributed by atoms with Crippen molar-refractivity contribution in [1.82, 2.24) is 0 Å². The molecule has 0 bridgehead atoms. The van der Waals surface area contributed by atoms with Gasteiger partial charge in [0.1, 0.15) is 0 Å². The largest absolute Gasteiger partial charge is 0.286 e. The average Bonchev–Trinajstić information content (AvgIpc) is 2.03. The fraction of sp³-hybridized carbons (Fsp3) is 0.125. The van der Waals surface area contributed by atoms with Gasteiger partial charge in [0.2, 0.25) is 0 Å². The Balaban J connectivity index is 0.000000252. The molecule has 0 heterocycles.